The summed E-state index contributed by atoms with van der Waals surface area (Å²) in [5.41, 5.74) is 3.97. The lowest BCUT2D eigenvalue weighted by molar-refractivity contribution is -0.255. The van der Waals surface area contributed by atoms with Gasteiger partial charge in [-0.05, 0) is 91.8 Å². The van der Waals surface area contributed by atoms with E-state index in [4.69, 9.17) is 9.47 Å². The zero-order valence-corrected chi connectivity index (χ0v) is 19.7. The fraction of sp³-hybridized carbons (Fsp3) is 0.857. The molecule has 30 heavy (non-hydrogen) atoms. The quantitative estimate of drug-likeness (QED) is 0.404. The molecule has 2 nitrogen and oxygen atoms in total. The Bertz CT molecular complexity index is 772. The van der Waals surface area contributed by atoms with Crippen molar-refractivity contribution >= 4 is 0 Å². The van der Waals surface area contributed by atoms with Gasteiger partial charge in [0.15, 0.2) is 5.79 Å². The minimum atomic E-state index is -0.327. The first-order valence-corrected chi connectivity index (χ1v) is 12.9. The van der Waals surface area contributed by atoms with Crippen LogP contribution in [0.25, 0.3) is 0 Å². The Morgan fingerprint density at radius 2 is 1.90 bits per heavy atom. The van der Waals surface area contributed by atoms with E-state index >= 15 is 0 Å². The van der Waals surface area contributed by atoms with Crippen molar-refractivity contribution in [3.63, 3.8) is 0 Å². The van der Waals surface area contributed by atoms with Gasteiger partial charge >= 0.3 is 0 Å². The highest BCUT2D eigenvalue weighted by Gasteiger charge is 2.68. The molecule has 0 aromatic heterocycles. The predicted octanol–water partition coefficient (Wildman–Crippen LogP) is 6.91. The van der Waals surface area contributed by atoms with E-state index < -0.39 is 0 Å². The molecule has 0 bridgehead atoms. The molecule has 6 rings (SSSR count). The second kappa shape index (κ2) is 6.47. The van der Waals surface area contributed by atoms with Gasteiger partial charge in [-0.3, -0.25) is 0 Å². The standard InChI is InChI=1S/C28H42O2/c1-17-8-11-26(4)20(14-17)6-7-21-22(26)10-12-27(5)23(21)15-24-25(27)19(3)28(30-24)13-9-18(2)16-29-28/h6,17,19,21-25H,2,7-16H2,1,3-5H3/t17?,19-,21?,22?,23?,24?,25?,26-,27-,28?/m0/s1. The molecule has 6 aliphatic rings. The summed E-state index contributed by atoms with van der Waals surface area (Å²) < 4.78 is 13.3. The maximum Gasteiger partial charge on any atom is 0.172 e. The topological polar surface area (TPSA) is 18.5 Å². The summed E-state index contributed by atoms with van der Waals surface area (Å²) in [6.07, 6.45) is 14.8. The van der Waals surface area contributed by atoms with E-state index in [0.717, 1.165) is 36.5 Å². The lowest BCUT2D eigenvalue weighted by Gasteiger charge is -2.58. The highest BCUT2D eigenvalue weighted by Crippen LogP contribution is 2.70. The molecule has 7 unspecified atom stereocenters. The van der Waals surface area contributed by atoms with Crippen LogP contribution < -0.4 is 0 Å². The fourth-order valence-corrected chi connectivity index (χ4v) is 9.69. The highest BCUT2D eigenvalue weighted by molar-refractivity contribution is 5.26. The van der Waals surface area contributed by atoms with Crippen LogP contribution in [-0.4, -0.2) is 18.5 Å². The Morgan fingerprint density at radius 1 is 1.07 bits per heavy atom. The molecule has 5 fully saturated rings. The molecular weight excluding hydrogens is 368 g/mol. The van der Waals surface area contributed by atoms with E-state index in [0.29, 0.717) is 35.4 Å². The van der Waals surface area contributed by atoms with Gasteiger partial charge in [0.1, 0.15) is 0 Å². The summed E-state index contributed by atoms with van der Waals surface area (Å²) >= 11 is 0. The van der Waals surface area contributed by atoms with Crippen molar-refractivity contribution in [3.05, 3.63) is 23.8 Å². The van der Waals surface area contributed by atoms with Crippen molar-refractivity contribution in [2.75, 3.05) is 6.61 Å². The third-order valence-electron chi connectivity index (χ3n) is 11.4. The predicted molar refractivity (Wildman–Crippen MR) is 121 cm³/mol. The summed E-state index contributed by atoms with van der Waals surface area (Å²) in [5.74, 6) is 4.33. The average molecular weight is 411 g/mol. The molecule has 2 aliphatic heterocycles. The van der Waals surface area contributed by atoms with Gasteiger partial charge in [0.05, 0.1) is 12.7 Å². The van der Waals surface area contributed by atoms with Crippen LogP contribution in [-0.2, 0) is 9.47 Å². The SMILES string of the molecule is C=C1CCC2(OC1)OC1CC3C4CC=C5CC(C)CC[C@]5(C)C4CC[C@]3(C)C1[C@@H]2C. The lowest BCUT2D eigenvalue weighted by Crippen LogP contribution is -2.52. The normalized spacial score (nSPS) is 57.4. The molecule has 2 heterocycles. The van der Waals surface area contributed by atoms with Crippen LogP contribution in [0, 0.1) is 46.3 Å². The van der Waals surface area contributed by atoms with Gasteiger partial charge < -0.3 is 9.47 Å². The minimum Gasteiger partial charge on any atom is -0.346 e. The number of rotatable bonds is 0. The zero-order chi connectivity index (χ0) is 20.9. The molecule has 166 valence electrons. The first kappa shape index (κ1) is 20.0. The van der Waals surface area contributed by atoms with Crippen LogP contribution >= 0.6 is 0 Å². The van der Waals surface area contributed by atoms with E-state index in [1.54, 1.807) is 0 Å². The van der Waals surface area contributed by atoms with Gasteiger partial charge in [-0.25, -0.2) is 0 Å². The van der Waals surface area contributed by atoms with E-state index in [1.807, 2.05) is 5.57 Å². The summed E-state index contributed by atoms with van der Waals surface area (Å²) in [4.78, 5) is 0. The van der Waals surface area contributed by atoms with Crippen molar-refractivity contribution in [2.24, 2.45) is 46.3 Å². The van der Waals surface area contributed by atoms with Gasteiger partial charge in [-0.15, -0.1) is 0 Å². The number of allylic oxidation sites excluding steroid dienone is 2. The zero-order valence-electron chi connectivity index (χ0n) is 19.7. The molecule has 0 aromatic rings. The molecule has 0 aromatic carbocycles. The Hall–Kier alpha value is -0.600. The molecule has 10 atom stereocenters. The number of fused-ring (bicyclic) bond motifs is 7. The fourth-order valence-electron chi connectivity index (χ4n) is 9.69. The Kier molecular flexibility index (Phi) is 4.32. The van der Waals surface area contributed by atoms with E-state index in [9.17, 15) is 0 Å². The Balaban J connectivity index is 1.29. The molecule has 0 N–H and O–H groups in total. The molecule has 2 heteroatoms. The van der Waals surface area contributed by atoms with Crippen LogP contribution in [0.2, 0.25) is 0 Å². The highest BCUT2D eigenvalue weighted by atomic mass is 16.7. The van der Waals surface area contributed by atoms with Crippen molar-refractivity contribution in [3.8, 4) is 0 Å². The smallest absolute Gasteiger partial charge is 0.172 e. The molecular formula is C28H42O2. The molecule has 4 aliphatic carbocycles. The van der Waals surface area contributed by atoms with Gasteiger partial charge in [0.25, 0.3) is 0 Å². The van der Waals surface area contributed by atoms with Crippen LogP contribution in [0.4, 0.5) is 0 Å². The van der Waals surface area contributed by atoms with Crippen LogP contribution in [0.15, 0.2) is 23.8 Å². The maximum atomic E-state index is 6.88. The van der Waals surface area contributed by atoms with Gasteiger partial charge in [-0.1, -0.05) is 51.5 Å². The van der Waals surface area contributed by atoms with Gasteiger partial charge in [0, 0.05) is 12.3 Å². The third kappa shape index (κ3) is 2.50. The monoisotopic (exact) mass is 410 g/mol. The Morgan fingerprint density at radius 3 is 2.67 bits per heavy atom. The molecule has 3 saturated carbocycles. The summed E-state index contributed by atoms with van der Waals surface area (Å²) in [7, 11) is 0. The van der Waals surface area contributed by atoms with Crippen molar-refractivity contribution in [1.29, 1.82) is 0 Å². The number of hydrogen-bond acceptors (Lipinski definition) is 2. The van der Waals surface area contributed by atoms with Crippen LogP contribution in [0.5, 0.6) is 0 Å². The van der Waals surface area contributed by atoms with Crippen LogP contribution in [0.1, 0.15) is 85.5 Å². The van der Waals surface area contributed by atoms with Crippen molar-refractivity contribution < 1.29 is 9.47 Å². The minimum absolute atomic E-state index is 0.327. The van der Waals surface area contributed by atoms with Gasteiger partial charge in [0.2, 0.25) is 0 Å². The van der Waals surface area contributed by atoms with E-state index in [-0.39, 0.29) is 5.79 Å². The second-order valence-electron chi connectivity index (χ2n) is 12.7. The number of hydrogen-bond donors (Lipinski definition) is 0. The first-order valence-electron chi connectivity index (χ1n) is 12.9. The third-order valence-corrected chi connectivity index (χ3v) is 11.4. The molecule has 0 radical (unpaired) electrons. The van der Waals surface area contributed by atoms with Crippen LogP contribution in [0.3, 0.4) is 0 Å². The summed E-state index contributed by atoms with van der Waals surface area (Å²) in [6, 6.07) is 0. The summed E-state index contributed by atoms with van der Waals surface area (Å²) in [5, 5.41) is 0. The number of ether oxygens (including phenoxy) is 2. The van der Waals surface area contributed by atoms with Crippen molar-refractivity contribution in [2.45, 2.75) is 97.4 Å². The summed E-state index contributed by atoms with van der Waals surface area (Å²) in [6.45, 7) is 15.0. The maximum absolute atomic E-state index is 6.88. The van der Waals surface area contributed by atoms with E-state index in [1.165, 1.54) is 50.5 Å². The second-order valence-corrected chi connectivity index (χ2v) is 12.7. The Labute approximate surface area is 183 Å². The largest absolute Gasteiger partial charge is 0.346 e. The molecule has 1 spiro atoms. The van der Waals surface area contributed by atoms with Gasteiger partial charge in [-0.2, -0.15) is 0 Å². The molecule has 2 saturated heterocycles. The average Bonchev–Trinajstić information content (AvgIpc) is 3.16. The lowest BCUT2D eigenvalue weighted by atomic mass is 9.46. The van der Waals surface area contributed by atoms with E-state index in [2.05, 4.69) is 40.3 Å². The molecule has 0 amide bonds. The van der Waals surface area contributed by atoms with Crippen molar-refractivity contribution in [1.82, 2.24) is 0 Å². The first-order chi connectivity index (χ1) is 14.3.